The number of carboxylic acid groups (broad SMARTS) is 5. The number of anilines is 1. The SMILES string of the molecule is O=C(O)CCC(NP(=O)(O)OCCC[C@H](CC(=O)NCCC[C@H](NC(=O)CCCCCNC(=O)CCC(NC(=O)CCOCCOCCOCCOCCNC(=O)CCC(=O)N1Cc2ccccc2C#Cc2ccccc21)C(=O)NC(CCCCNC(=O)CCCc1ccc(I)cc1)C(=O)O)C(=O)O)C(=O)O)C(=O)O. The molecule has 6 atom stereocenters. The highest BCUT2D eigenvalue weighted by atomic mass is 127. The molecule has 0 fully saturated rings. The number of carbonyl (C=O) groups is 13. The summed E-state index contributed by atoms with van der Waals surface area (Å²) < 4.78 is 40.4. The zero-order valence-electron chi connectivity index (χ0n) is 61.5. The third-order valence-corrected chi connectivity index (χ3v) is 18.8. The van der Waals surface area contributed by atoms with Crippen molar-refractivity contribution < 1.29 is 121 Å². The van der Waals surface area contributed by atoms with E-state index in [0.717, 1.165) is 32.2 Å². The fourth-order valence-electron chi connectivity index (χ4n) is 10.9. The lowest BCUT2D eigenvalue weighted by molar-refractivity contribution is -0.144. The van der Waals surface area contributed by atoms with Crippen LogP contribution in [0.5, 0.6) is 0 Å². The van der Waals surface area contributed by atoms with Gasteiger partial charge in [-0.25, -0.2) is 19.2 Å². The molecule has 0 bridgehead atoms. The Morgan fingerprint density at radius 3 is 1.64 bits per heavy atom. The highest BCUT2D eigenvalue weighted by Gasteiger charge is 2.32. The zero-order chi connectivity index (χ0) is 80.5. The van der Waals surface area contributed by atoms with Gasteiger partial charge in [0.2, 0.25) is 47.3 Å². The summed E-state index contributed by atoms with van der Waals surface area (Å²) in [6.45, 7) is 1.81. The predicted molar refractivity (Wildman–Crippen MR) is 405 cm³/mol. The molecule has 0 spiro atoms. The summed E-state index contributed by atoms with van der Waals surface area (Å²) in [5.41, 5.74) is 4.30. The summed E-state index contributed by atoms with van der Waals surface area (Å²) in [6, 6.07) is 17.3. The number of hydrogen-bond acceptors (Lipinski definition) is 19. The van der Waals surface area contributed by atoms with Crippen LogP contribution in [0.25, 0.3) is 0 Å². The molecule has 1 aliphatic rings. The van der Waals surface area contributed by atoms with Crippen LogP contribution in [0.4, 0.5) is 5.69 Å². The highest BCUT2D eigenvalue weighted by Crippen LogP contribution is 2.38. The maximum Gasteiger partial charge on any atom is 0.403 e. The molecule has 110 heavy (non-hydrogen) atoms. The molecule has 1 aliphatic heterocycles. The third kappa shape index (κ3) is 41.2. The minimum absolute atomic E-state index is 0.000187. The highest BCUT2D eigenvalue weighted by molar-refractivity contribution is 14.1. The first-order chi connectivity index (χ1) is 52.7. The maximum atomic E-state index is 13.7. The monoisotopic (exact) mass is 1680 g/mol. The number of nitrogens with one attached hydrogen (secondary N) is 8. The molecular weight excluding hydrogens is 1570 g/mol. The summed E-state index contributed by atoms with van der Waals surface area (Å²) in [5, 5.41) is 67.6. The van der Waals surface area contributed by atoms with Crippen molar-refractivity contribution >= 4 is 113 Å². The molecule has 0 saturated heterocycles. The summed E-state index contributed by atoms with van der Waals surface area (Å²) in [4.78, 5) is 174. The van der Waals surface area contributed by atoms with E-state index >= 15 is 0 Å². The van der Waals surface area contributed by atoms with Crippen molar-refractivity contribution in [3.8, 4) is 11.8 Å². The van der Waals surface area contributed by atoms with E-state index < -0.39 is 123 Å². The number of hydrogen-bond donors (Lipinski definition) is 14. The third-order valence-electron chi connectivity index (χ3n) is 16.9. The van der Waals surface area contributed by atoms with Gasteiger partial charge >= 0.3 is 37.6 Å². The Balaban J connectivity index is 1.11. The van der Waals surface area contributed by atoms with Crippen molar-refractivity contribution in [2.45, 2.75) is 172 Å². The van der Waals surface area contributed by atoms with Crippen LogP contribution >= 0.6 is 30.3 Å². The Labute approximate surface area is 651 Å². The number of amides is 8. The van der Waals surface area contributed by atoms with E-state index in [2.05, 4.69) is 71.6 Å². The fourth-order valence-corrected chi connectivity index (χ4v) is 12.4. The quantitative estimate of drug-likeness (QED) is 0.0164. The molecule has 0 aromatic heterocycles. The lowest BCUT2D eigenvalue weighted by Gasteiger charge is -2.26. The van der Waals surface area contributed by atoms with E-state index in [0.29, 0.717) is 57.2 Å². The van der Waals surface area contributed by atoms with E-state index in [-0.39, 0.29) is 167 Å². The van der Waals surface area contributed by atoms with Crippen LogP contribution in [-0.4, -0.2) is 217 Å². The molecule has 14 N–H and O–H groups in total. The molecule has 606 valence electrons. The van der Waals surface area contributed by atoms with Crippen LogP contribution in [0.3, 0.4) is 0 Å². The largest absolute Gasteiger partial charge is 0.481 e. The van der Waals surface area contributed by atoms with Gasteiger partial charge in [-0.1, -0.05) is 60.7 Å². The molecule has 0 radical (unpaired) electrons. The van der Waals surface area contributed by atoms with Crippen LogP contribution < -0.4 is 47.2 Å². The average Bonchev–Trinajstić information content (AvgIpc) is 0.802. The first kappa shape index (κ1) is 93.4. The van der Waals surface area contributed by atoms with E-state index in [1.807, 2.05) is 77.9 Å². The second kappa shape index (κ2) is 53.8. The molecule has 0 aliphatic carbocycles. The topological polar surface area (TPSA) is 506 Å². The normalized spacial score (nSPS) is 13.4. The van der Waals surface area contributed by atoms with Crippen molar-refractivity contribution in [1.29, 1.82) is 0 Å². The number of benzene rings is 3. The number of aryl methyl sites for hydroxylation is 1. The molecule has 8 amide bonds. The van der Waals surface area contributed by atoms with Crippen molar-refractivity contribution in [3.05, 3.63) is 98.6 Å². The van der Waals surface area contributed by atoms with Crippen molar-refractivity contribution in [2.75, 3.05) is 90.5 Å². The second-order valence-corrected chi connectivity index (χ2v) is 28.4. The molecule has 3 aromatic rings. The van der Waals surface area contributed by atoms with E-state index in [1.165, 1.54) is 0 Å². The van der Waals surface area contributed by atoms with Crippen molar-refractivity contribution in [3.63, 3.8) is 0 Å². The Morgan fingerprint density at radius 1 is 0.445 bits per heavy atom. The number of para-hydroxylation sites is 1. The lowest BCUT2D eigenvalue weighted by Crippen LogP contribution is -2.52. The minimum Gasteiger partial charge on any atom is -0.481 e. The van der Waals surface area contributed by atoms with Crippen molar-refractivity contribution in [2.24, 2.45) is 5.92 Å². The van der Waals surface area contributed by atoms with Gasteiger partial charge in [0, 0.05) is 92.2 Å². The Bertz CT molecular complexity index is 3600. The number of ether oxygens (including phenoxy) is 4. The van der Waals surface area contributed by atoms with Gasteiger partial charge in [-0.05, 0) is 148 Å². The number of carbonyl (C=O) groups excluding carboxylic acids is 8. The molecule has 1 heterocycles. The van der Waals surface area contributed by atoms with E-state index in [9.17, 15) is 92.2 Å². The van der Waals surface area contributed by atoms with E-state index in [4.69, 9.17) is 28.6 Å². The first-order valence-electron chi connectivity index (χ1n) is 36.6. The van der Waals surface area contributed by atoms with Gasteiger partial charge < -0.3 is 91.5 Å². The predicted octanol–water partition coefficient (Wildman–Crippen LogP) is 4.07. The number of carboxylic acids is 5. The number of rotatable bonds is 60. The smallest absolute Gasteiger partial charge is 0.403 e. The van der Waals surface area contributed by atoms with Crippen LogP contribution in [0.2, 0.25) is 0 Å². The van der Waals surface area contributed by atoms with Gasteiger partial charge in [0.1, 0.15) is 24.2 Å². The van der Waals surface area contributed by atoms with Crippen molar-refractivity contribution in [1.82, 2.24) is 42.3 Å². The minimum atomic E-state index is -4.75. The van der Waals surface area contributed by atoms with Gasteiger partial charge in [-0.2, -0.15) is 0 Å². The molecule has 4 unspecified atom stereocenters. The van der Waals surface area contributed by atoms with E-state index in [1.54, 1.807) is 4.90 Å². The van der Waals surface area contributed by atoms with Gasteiger partial charge in [0.05, 0.1) is 77.6 Å². The number of fused-ring (bicyclic) bond motifs is 2. The van der Waals surface area contributed by atoms with Gasteiger partial charge in [0.25, 0.3) is 0 Å². The molecule has 3 aromatic carbocycles. The number of aliphatic carboxylic acids is 5. The van der Waals surface area contributed by atoms with Gasteiger partial charge in [-0.3, -0.25) is 57.3 Å². The number of nitrogens with zero attached hydrogens (tertiary/aromatic N) is 1. The van der Waals surface area contributed by atoms with Crippen LogP contribution in [-0.2, 0) is 103 Å². The molecule has 36 heteroatoms. The van der Waals surface area contributed by atoms with Gasteiger partial charge in [-0.15, -0.1) is 0 Å². The van der Waals surface area contributed by atoms with Crippen LogP contribution in [0, 0.1) is 21.3 Å². The van der Waals surface area contributed by atoms with Gasteiger partial charge in [0.15, 0.2) is 0 Å². The molecular formula is C74H103IN9O25P. The summed E-state index contributed by atoms with van der Waals surface area (Å²) >= 11 is 2.22. The molecule has 4 rings (SSSR count). The van der Waals surface area contributed by atoms with Crippen LogP contribution in [0.15, 0.2) is 72.8 Å². The molecule has 0 saturated carbocycles. The number of unbranched alkanes of at least 4 members (excludes halogenated alkanes) is 3. The average molecular weight is 1680 g/mol. The Kier molecular flexibility index (Phi) is 45.7. The first-order valence-corrected chi connectivity index (χ1v) is 39.2. The summed E-state index contributed by atoms with van der Waals surface area (Å²) in [5.74, 6) is -5.76. The standard InChI is InChI=1S/C74H103IN9O25P/c75-56-27-23-51(24-28-56)13-10-22-62(85)76-37-9-7-18-59(73(99)100)82-70(94)57(80-66(89)35-41-105-43-45-107-47-48-108-46-44-106-42-39-79-64(87)32-33-68(91)84-50-55-16-4-3-14-52(55)25-26-53-15-5-6-20-61(53)84)29-31-63(86)77-36-8-1-2-21-65(88)81-58(72(97)98)19-11-38-78-67(90)49-54(71(95)96)17-12-40-109-110(103,104)83-60(74(101)102)30-34-69(92)93/h3-6,14-16,20,23-24,27-28,54,57-60H,1-2,7-13,17-19,21-22,29-50H2,(H,76,85)(H,77,86)(H,78,90)(H,79,87)(H,80,89)(H,81,88)(H,82,94)(H,92,93)(H,95,96)(H,97,98)(H,99,100)(H,101,102)(H2,83,103,104)/t54-,57?,58+,59?,60?/m1/s1. The second-order valence-electron chi connectivity index (χ2n) is 25.6. The van der Waals surface area contributed by atoms with Crippen LogP contribution in [0.1, 0.15) is 157 Å². The molecule has 34 nitrogen and oxygen atoms in total. The maximum absolute atomic E-state index is 13.7. The fraction of sp³-hybridized carbons (Fsp3) is 0.554. The Morgan fingerprint density at radius 2 is 0.973 bits per heavy atom. The summed E-state index contributed by atoms with van der Waals surface area (Å²) in [7, 11) is -4.75. The summed E-state index contributed by atoms with van der Waals surface area (Å²) in [6.07, 6.45) is 0.740. The zero-order valence-corrected chi connectivity index (χ0v) is 64.5. The number of halogens is 1. The Hall–Kier alpha value is -8.99. The lowest BCUT2D eigenvalue weighted by atomic mass is 9.99.